The molecule has 0 aliphatic rings. The lowest BCUT2D eigenvalue weighted by atomic mass is 10.1. The van der Waals surface area contributed by atoms with E-state index in [2.05, 4.69) is 10.6 Å². The largest absolute Gasteiger partial charge is 0.491 e. The highest BCUT2D eigenvalue weighted by molar-refractivity contribution is 6.30. The summed E-state index contributed by atoms with van der Waals surface area (Å²) in [4.78, 5) is 12.0. The van der Waals surface area contributed by atoms with Crippen LogP contribution in [-0.2, 0) is 11.0 Å². The van der Waals surface area contributed by atoms with E-state index in [9.17, 15) is 18.0 Å². The number of halogens is 4. The van der Waals surface area contributed by atoms with E-state index in [0.29, 0.717) is 11.4 Å². The fraction of sp³-hybridized carbons (Fsp3) is 0.278. The molecule has 0 unspecified atom stereocenters. The van der Waals surface area contributed by atoms with E-state index in [1.165, 1.54) is 6.07 Å². The molecule has 0 radical (unpaired) electrons. The molecule has 2 rings (SSSR count). The van der Waals surface area contributed by atoms with Crippen LogP contribution in [0.4, 0.5) is 24.5 Å². The Morgan fingerprint density at radius 1 is 1.15 bits per heavy atom. The molecule has 0 fully saturated rings. The van der Waals surface area contributed by atoms with Crippen LogP contribution in [-0.4, -0.2) is 18.6 Å². The minimum absolute atomic E-state index is 0.0433. The van der Waals surface area contributed by atoms with Gasteiger partial charge in [-0.25, -0.2) is 0 Å². The number of ether oxygens (including phenoxy) is 1. The van der Waals surface area contributed by atoms with Crippen LogP contribution >= 0.6 is 11.6 Å². The maximum Gasteiger partial charge on any atom is 0.418 e. The van der Waals surface area contributed by atoms with Crippen LogP contribution in [0.15, 0.2) is 42.5 Å². The van der Waals surface area contributed by atoms with E-state index in [0.717, 1.165) is 12.1 Å². The molecule has 2 aromatic carbocycles. The summed E-state index contributed by atoms with van der Waals surface area (Å²) in [6, 6.07) is 10.1. The van der Waals surface area contributed by atoms with Crippen molar-refractivity contribution in [3.63, 3.8) is 0 Å². The van der Waals surface area contributed by atoms with Gasteiger partial charge >= 0.3 is 6.18 Å². The molecule has 2 N–H and O–H groups in total. The molecule has 1 amide bonds. The molecule has 26 heavy (non-hydrogen) atoms. The Kier molecular flexibility index (Phi) is 6.37. The van der Waals surface area contributed by atoms with Gasteiger partial charge in [0.15, 0.2) is 0 Å². The van der Waals surface area contributed by atoms with Crippen LogP contribution in [0.1, 0.15) is 19.4 Å². The number of anilines is 2. The normalized spacial score (nSPS) is 11.3. The molecule has 0 heterocycles. The van der Waals surface area contributed by atoms with E-state index in [-0.39, 0.29) is 23.4 Å². The number of nitrogens with one attached hydrogen (secondary N) is 2. The molecule has 0 aliphatic carbocycles. The molecule has 0 aliphatic heterocycles. The van der Waals surface area contributed by atoms with Crippen molar-refractivity contribution < 1.29 is 22.7 Å². The van der Waals surface area contributed by atoms with E-state index in [1.807, 2.05) is 13.8 Å². The molecule has 8 heteroatoms. The van der Waals surface area contributed by atoms with E-state index in [1.54, 1.807) is 24.3 Å². The highest BCUT2D eigenvalue weighted by Crippen LogP contribution is 2.36. The van der Waals surface area contributed by atoms with Crippen LogP contribution < -0.4 is 15.4 Å². The number of carbonyl (C=O) groups excluding carboxylic acids is 1. The second-order valence-electron chi connectivity index (χ2n) is 5.78. The van der Waals surface area contributed by atoms with Gasteiger partial charge in [-0.3, -0.25) is 4.79 Å². The summed E-state index contributed by atoms with van der Waals surface area (Å²) in [6.45, 7) is 3.62. The smallest absolute Gasteiger partial charge is 0.418 e. The molecular weight excluding hydrogens is 369 g/mol. The first-order chi connectivity index (χ1) is 12.1. The van der Waals surface area contributed by atoms with Crippen molar-refractivity contribution in [1.29, 1.82) is 0 Å². The van der Waals surface area contributed by atoms with Crippen molar-refractivity contribution in [3.05, 3.63) is 53.1 Å². The topological polar surface area (TPSA) is 50.4 Å². The zero-order valence-corrected chi connectivity index (χ0v) is 14.9. The summed E-state index contributed by atoms with van der Waals surface area (Å²) >= 11 is 5.61. The van der Waals surface area contributed by atoms with Gasteiger partial charge in [-0.05, 0) is 56.3 Å². The van der Waals surface area contributed by atoms with Gasteiger partial charge in [-0.2, -0.15) is 13.2 Å². The quantitative estimate of drug-likeness (QED) is 0.717. The summed E-state index contributed by atoms with van der Waals surface area (Å²) in [5, 5.41) is 5.03. The van der Waals surface area contributed by atoms with Gasteiger partial charge < -0.3 is 15.4 Å². The molecule has 4 nitrogen and oxygen atoms in total. The third-order valence-corrected chi connectivity index (χ3v) is 3.48. The Morgan fingerprint density at radius 2 is 1.81 bits per heavy atom. The van der Waals surface area contributed by atoms with Crippen LogP contribution in [0, 0.1) is 0 Å². The standard InChI is InChI=1S/C18H18ClF3N2O2/c1-11(2)26-14-6-4-13(5-7-14)23-10-17(25)24-16-8-3-12(19)9-15(16)18(20,21)22/h3-9,11,23H,10H2,1-2H3,(H,24,25). The maximum absolute atomic E-state index is 13.0. The molecule has 0 atom stereocenters. The summed E-state index contributed by atoms with van der Waals surface area (Å²) in [6.07, 6.45) is -4.57. The summed E-state index contributed by atoms with van der Waals surface area (Å²) in [5.41, 5.74) is -0.689. The second-order valence-corrected chi connectivity index (χ2v) is 6.22. The van der Waals surface area contributed by atoms with Crippen molar-refractivity contribution in [1.82, 2.24) is 0 Å². The second kappa shape index (κ2) is 8.31. The lowest BCUT2D eigenvalue weighted by molar-refractivity contribution is -0.137. The predicted molar refractivity (Wildman–Crippen MR) is 95.8 cm³/mol. The van der Waals surface area contributed by atoms with Gasteiger partial charge in [-0.15, -0.1) is 0 Å². The van der Waals surface area contributed by atoms with Gasteiger partial charge in [0.25, 0.3) is 0 Å². The van der Waals surface area contributed by atoms with E-state index >= 15 is 0 Å². The van der Waals surface area contributed by atoms with Crippen LogP contribution in [0.2, 0.25) is 5.02 Å². The first kappa shape index (κ1) is 19.9. The molecular formula is C18H18ClF3N2O2. The maximum atomic E-state index is 13.0. The first-order valence-electron chi connectivity index (χ1n) is 7.82. The number of carbonyl (C=O) groups is 1. The van der Waals surface area contributed by atoms with E-state index in [4.69, 9.17) is 16.3 Å². The minimum atomic E-state index is -4.62. The average Bonchev–Trinajstić information content (AvgIpc) is 2.54. The highest BCUT2D eigenvalue weighted by Gasteiger charge is 2.34. The van der Waals surface area contributed by atoms with Gasteiger partial charge in [0.05, 0.1) is 23.9 Å². The van der Waals surface area contributed by atoms with Crippen LogP contribution in [0.25, 0.3) is 0 Å². The molecule has 0 spiro atoms. The average molecular weight is 387 g/mol. The minimum Gasteiger partial charge on any atom is -0.491 e. The number of benzene rings is 2. The monoisotopic (exact) mass is 386 g/mol. The van der Waals surface area contributed by atoms with Gasteiger partial charge in [0.1, 0.15) is 5.75 Å². The van der Waals surface area contributed by atoms with Gasteiger partial charge in [-0.1, -0.05) is 11.6 Å². The molecule has 0 aromatic heterocycles. The Balaban J connectivity index is 1.97. The van der Waals surface area contributed by atoms with Gasteiger partial charge in [0.2, 0.25) is 5.91 Å². The fourth-order valence-corrected chi connectivity index (χ4v) is 2.33. The van der Waals surface area contributed by atoms with Crippen molar-refractivity contribution in [2.75, 3.05) is 17.2 Å². The van der Waals surface area contributed by atoms with Crippen molar-refractivity contribution in [2.45, 2.75) is 26.1 Å². The third kappa shape index (κ3) is 5.84. The Bertz CT molecular complexity index is 762. The number of hydrogen-bond donors (Lipinski definition) is 2. The number of alkyl halides is 3. The summed E-state index contributed by atoms with van der Waals surface area (Å²) in [5.74, 6) is 0.0753. The van der Waals surface area contributed by atoms with Crippen molar-refractivity contribution in [2.24, 2.45) is 0 Å². The SMILES string of the molecule is CC(C)Oc1ccc(NCC(=O)Nc2ccc(Cl)cc2C(F)(F)F)cc1. The van der Waals surface area contributed by atoms with E-state index < -0.39 is 17.6 Å². The molecule has 140 valence electrons. The molecule has 0 saturated heterocycles. The van der Waals surface area contributed by atoms with Gasteiger partial charge in [0, 0.05) is 10.7 Å². The highest BCUT2D eigenvalue weighted by atomic mass is 35.5. The Hall–Kier alpha value is -2.41. The summed E-state index contributed by atoms with van der Waals surface area (Å²) < 4.78 is 44.6. The zero-order valence-electron chi connectivity index (χ0n) is 14.2. The van der Waals surface area contributed by atoms with Crippen LogP contribution in [0.5, 0.6) is 5.75 Å². The summed E-state index contributed by atoms with van der Waals surface area (Å²) in [7, 11) is 0. The number of amides is 1. The molecule has 0 bridgehead atoms. The number of hydrogen-bond acceptors (Lipinski definition) is 3. The first-order valence-corrected chi connectivity index (χ1v) is 8.20. The predicted octanol–water partition coefficient (Wildman–Crippen LogP) is 5.20. The lowest BCUT2D eigenvalue weighted by Crippen LogP contribution is -2.23. The zero-order chi connectivity index (χ0) is 19.3. The third-order valence-electron chi connectivity index (χ3n) is 3.24. The Morgan fingerprint density at radius 3 is 2.38 bits per heavy atom. The van der Waals surface area contributed by atoms with Crippen molar-refractivity contribution in [3.8, 4) is 5.75 Å². The number of rotatable bonds is 6. The fourth-order valence-electron chi connectivity index (χ4n) is 2.16. The molecule has 2 aromatic rings. The lowest BCUT2D eigenvalue weighted by Gasteiger charge is -2.15. The Labute approximate surface area is 154 Å². The molecule has 0 saturated carbocycles. The van der Waals surface area contributed by atoms with Crippen molar-refractivity contribution >= 4 is 28.9 Å². The van der Waals surface area contributed by atoms with Crippen LogP contribution in [0.3, 0.4) is 0 Å².